The summed E-state index contributed by atoms with van der Waals surface area (Å²) in [6.45, 7) is 4.17. The monoisotopic (exact) mass is 360 g/mol. The number of thioether (sulfide) groups is 1. The number of hydrogen-bond acceptors (Lipinski definition) is 2. The Morgan fingerprint density at radius 3 is 1.96 bits per heavy atom. The molecule has 0 aliphatic carbocycles. The largest absolute Gasteiger partial charge is 0.506 e. The van der Waals surface area contributed by atoms with Crippen LogP contribution in [0.1, 0.15) is 29.2 Å². The molecule has 3 rings (SSSR count). The maximum Gasteiger partial charge on any atom is 0.132 e. The summed E-state index contributed by atoms with van der Waals surface area (Å²) in [4.78, 5) is 0.933. The standard InChI is InChI=1S/C24H24OS/c1-4-20-15-22(16-23(26-3)24(20)25)21-13-11-19(12-14-21)10-9-18-7-5-17(2)6-8-18/h5-16,25H,4H2,1-3H3/b10-9+. The van der Waals surface area contributed by atoms with Crippen LogP contribution in [-0.4, -0.2) is 11.4 Å². The molecular formula is C24H24OS. The number of phenols is 1. The minimum Gasteiger partial charge on any atom is -0.506 e. The molecule has 0 saturated heterocycles. The Morgan fingerprint density at radius 2 is 1.42 bits per heavy atom. The second kappa shape index (κ2) is 8.29. The van der Waals surface area contributed by atoms with Crippen LogP contribution in [-0.2, 0) is 6.42 Å². The maximum atomic E-state index is 10.3. The fourth-order valence-corrected chi connectivity index (χ4v) is 3.48. The number of aromatic hydroxyl groups is 1. The Kier molecular flexibility index (Phi) is 5.85. The van der Waals surface area contributed by atoms with Gasteiger partial charge in [0.05, 0.1) is 0 Å². The molecule has 3 aromatic rings. The molecule has 2 heteroatoms. The fraction of sp³-hybridized carbons (Fsp3) is 0.167. The maximum absolute atomic E-state index is 10.3. The predicted octanol–water partition coefficient (Wildman–Crippen LogP) is 6.82. The van der Waals surface area contributed by atoms with Crippen molar-refractivity contribution in [2.24, 2.45) is 0 Å². The van der Waals surface area contributed by atoms with Crippen molar-refractivity contribution in [1.29, 1.82) is 0 Å². The Balaban J connectivity index is 1.84. The Labute approximate surface area is 160 Å². The van der Waals surface area contributed by atoms with Gasteiger partial charge in [0.2, 0.25) is 0 Å². The van der Waals surface area contributed by atoms with E-state index in [1.807, 2.05) is 6.26 Å². The second-order valence-corrected chi connectivity index (χ2v) is 7.25. The molecule has 0 heterocycles. The van der Waals surface area contributed by atoms with E-state index in [1.165, 1.54) is 22.3 Å². The lowest BCUT2D eigenvalue weighted by Gasteiger charge is -2.11. The SMILES string of the molecule is CCc1cc(-c2ccc(/C=C/c3ccc(C)cc3)cc2)cc(SC)c1O. The first-order chi connectivity index (χ1) is 12.6. The molecule has 0 amide bonds. The van der Waals surface area contributed by atoms with Crippen LogP contribution >= 0.6 is 11.8 Å². The number of phenolic OH excluding ortho intramolecular Hbond substituents is 1. The van der Waals surface area contributed by atoms with Gasteiger partial charge in [0.25, 0.3) is 0 Å². The first-order valence-corrected chi connectivity index (χ1v) is 10.1. The van der Waals surface area contributed by atoms with Crippen LogP contribution < -0.4 is 0 Å². The molecule has 26 heavy (non-hydrogen) atoms. The second-order valence-electron chi connectivity index (χ2n) is 6.41. The van der Waals surface area contributed by atoms with Gasteiger partial charge in [-0.3, -0.25) is 0 Å². The first kappa shape index (κ1) is 18.3. The highest BCUT2D eigenvalue weighted by Crippen LogP contribution is 2.35. The highest BCUT2D eigenvalue weighted by molar-refractivity contribution is 7.98. The zero-order chi connectivity index (χ0) is 18.5. The van der Waals surface area contributed by atoms with Gasteiger partial charge in [0.15, 0.2) is 0 Å². The molecular weight excluding hydrogens is 336 g/mol. The van der Waals surface area contributed by atoms with Crippen molar-refractivity contribution in [3.63, 3.8) is 0 Å². The topological polar surface area (TPSA) is 20.2 Å². The lowest BCUT2D eigenvalue weighted by atomic mass is 10.00. The van der Waals surface area contributed by atoms with Crippen molar-refractivity contribution >= 4 is 23.9 Å². The number of benzene rings is 3. The van der Waals surface area contributed by atoms with E-state index >= 15 is 0 Å². The third-order valence-corrected chi connectivity index (χ3v) is 5.30. The van der Waals surface area contributed by atoms with Gasteiger partial charge in [-0.15, -0.1) is 11.8 Å². The lowest BCUT2D eigenvalue weighted by molar-refractivity contribution is 0.456. The Morgan fingerprint density at radius 1 is 0.846 bits per heavy atom. The summed E-state index contributed by atoms with van der Waals surface area (Å²) >= 11 is 1.58. The van der Waals surface area contributed by atoms with Crippen molar-refractivity contribution in [3.8, 4) is 16.9 Å². The van der Waals surface area contributed by atoms with Crippen LogP contribution in [0, 0.1) is 6.92 Å². The average molecular weight is 361 g/mol. The molecule has 0 radical (unpaired) electrons. The van der Waals surface area contributed by atoms with Gasteiger partial charge in [-0.25, -0.2) is 0 Å². The predicted molar refractivity (Wildman–Crippen MR) is 115 cm³/mol. The summed E-state index contributed by atoms with van der Waals surface area (Å²) in [7, 11) is 0. The minimum atomic E-state index is 0.418. The van der Waals surface area contributed by atoms with Gasteiger partial charge in [0.1, 0.15) is 5.75 Å². The van der Waals surface area contributed by atoms with E-state index in [1.54, 1.807) is 11.8 Å². The number of hydrogen-bond donors (Lipinski definition) is 1. The highest BCUT2D eigenvalue weighted by Gasteiger charge is 2.09. The van der Waals surface area contributed by atoms with Crippen LogP contribution in [0.3, 0.4) is 0 Å². The summed E-state index contributed by atoms with van der Waals surface area (Å²) in [6, 6.07) is 21.2. The molecule has 0 fully saturated rings. The molecule has 0 aliphatic rings. The van der Waals surface area contributed by atoms with E-state index in [9.17, 15) is 5.11 Å². The molecule has 0 bridgehead atoms. The molecule has 3 aromatic carbocycles. The highest BCUT2D eigenvalue weighted by atomic mass is 32.2. The van der Waals surface area contributed by atoms with E-state index in [0.29, 0.717) is 5.75 Å². The molecule has 132 valence electrons. The zero-order valence-corrected chi connectivity index (χ0v) is 16.3. The third kappa shape index (κ3) is 4.20. The third-order valence-electron chi connectivity index (χ3n) is 4.54. The first-order valence-electron chi connectivity index (χ1n) is 8.85. The number of aryl methyl sites for hydroxylation is 2. The summed E-state index contributed by atoms with van der Waals surface area (Å²) in [5.74, 6) is 0.418. The van der Waals surface area contributed by atoms with Crippen molar-refractivity contribution in [1.82, 2.24) is 0 Å². The van der Waals surface area contributed by atoms with E-state index in [-0.39, 0.29) is 0 Å². The summed E-state index contributed by atoms with van der Waals surface area (Å²) < 4.78 is 0. The summed E-state index contributed by atoms with van der Waals surface area (Å²) in [5.41, 5.74) is 6.97. The molecule has 0 unspecified atom stereocenters. The number of rotatable bonds is 5. The van der Waals surface area contributed by atoms with Gasteiger partial charge in [-0.1, -0.05) is 73.2 Å². The molecule has 1 nitrogen and oxygen atoms in total. The lowest BCUT2D eigenvalue weighted by Crippen LogP contribution is -1.88. The Bertz CT molecular complexity index is 881. The van der Waals surface area contributed by atoms with E-state index in [0.717, 1.165) is 22.4 Å². The normalized spacial score (nSPS) is 11.2. The molecule has 0 aliphatic heterocycles. The molecule has 0 spiro atoms. The van der Waals surface area contributed by atoms with Crippen molar-refractivity contribution < 1.29 is 5.11 Å². The summed E-state index contributed by atoms with van der Waals surface area (Å²) in [6.07, 6.45) is 7.09. The van der Waals surface area contributed by atoms with Crippen LogP contribution in [0.25, 0.3) is 23.3 Å². The molecule has 0 saturated carbocycles. The van der Waals surface area contributed by atoms with E-state index in [2.05, 4.69) is 86.7 Å². The van der Waals surface area contributed by atoms with Crippen molar-refractivity contribution in [2.45, 2.75) is 25.2 Å². The fourth-order valence-electron chi connectivity index (χ4n) is 2.91. The quantitative estimate of drug-likeness (QED) is 0.398. The molecule has 1 N–H and O–H groups in total. The molecule has 0 aromatic heterocycles. The van der Waals surface area contributed by atoms with E-state index in [4.69, 9.17) is 0 Å². The van der Waals surface area contributed by atoms with Crippen LogP contribution in [0.4, 0.5) is 0 Å². The zero-order valence-electron chi connectivity index (χ0n) is 15.5. The average Bonchev–Trinajstić information content (AvgIpc) is 2.68. The Hall–Kier alpha value is -2.45. The van der Waals surface area contributed by atoms with Gasteiger partial charge in [0, 0.05) is 4.90 Å². The van der Waals surface area contributed by atoms with Crippen molar-refractivity contribution in [3.05, 3.63) is 82.9 Å². The summed E-state index contributed by atoms with van der Waals surface area (Å²) in [5, 5.41) is 10.3. The van der Waals surface area contributed by atoms with Gasteiger partial charge < -0.3 is 5.11 Å². The van der Waals surface area contributed by atoms with Crippen LogP contribution in [0.5, 0.6) is 5.75 Å². The van der Waals surface area contributed by atoms with E-state index < -0.39 is 0 Å². The minimum absolute atomic E-state index is 0.418. The van der Waals surface area contributed by atoms with Crippen LogP contribution in [0.2, 0.25) is 0 Å². The molecule has 0 atom stereocenters. The van der Waals surface area contributed by atoms with Gasteiger partial charge >= 0.3 is 0 Å². The van der Waals surface area contributed by atoms with Crippen LogP contribution in [0.15, 0.2) is 65.6 Å². The van der Waals surface area contributed by atoms with Crippen molar-refractivity contribution in [2.75, 3.05) is 6.26 Å². The van der Waals surface area contributed by atoms with Gasteiger partial charge in [-0.2, -0.15) is 0 Å². The van der Waals surface area contributed by atoms with Gasteiger partial charge in [-0.05, 0) is 59.6 Å². The smallest absolute Gasteiger partial charge is 0.132 e.